The number of aryl methyl sites for hydroxylation is 1. The Morgan fingerprint density at radius 1 is 1.15 bits per heavy atom. The van der Waals surface area contributed by atoms with Crippen molar-refractivity contribution in [2.45, 2.75) is 26.3 Å². The summed E-state index contributed by atoms with van der Waals surface area (Å²) < 4.78 is 0. The number of urea groups is 1. The van der Waals surface area contributed by atoms with Gasteiger partial charge in [-0.1, -0.05) is 17.7 Å². The van der Waals surface area contributed by atoms with E-state index < -0.39 is 0 Å². The van der Waals surface area contributed by atoms with Gasteiger partial charge in [0.15, 0.2) is 0 Å². The number of carbonyl (C=O) groups excluding carboxylic acids is 2. The molecule has 27 heavy (non-hydrogen) atoms. The van der Waals surface area contributed by atoms with Crippen molar-refractivity contribution in [2.24, 2.45) is 0 Å². The molecule has 0 N–H and O–H groups in total. The van der Waals surface area contributed by atoms with Crippen LogP contribution in [0.15, 0.2) is 24.3 Å². The maximum Gasteiger partial charge on any atom is 0.319 e. The average Bonchev–Trinajstić information content (AvgIpc) is 2.68. The number of hydrogen-bond donors (Lipinski definition) is 0. The van der Waals surface area contributed by atoms with Gasteiger partial charge in [-0.05, 0) is 26.0 Å². The van der Waals surface area contributed by atoms with Gasteiger partial charge in [0, 0.05) is 52.5 Å². The molecular weight excluding hydrogens is 342 g/mol. The normalized spacial score (nSPS) is 15.7. The fourth-order valence-corrected chi connectivity index (χ4v) is 3.22. The predicted molar refractivity (Wildman–Crippen MR) is 105 cm³/mol. The molecule has 7 nitrogen and oxygen atoms in total. The fraction of sp³-hybridized carbons (Fsp3) is 0.550. The summed E-state index contributed by atoms with van der Waals surface area (Å²) in [4.78, 5) is 32.4. The first-order chi connectivity index (χ1) is 12.8. The predicted octanol–water partition coefficient (Wildman–Crippen LogP) is 1.93. The largest absolute Gasteiger partial charge is 0.331 e. The van der Waals surface area contributed by atoms with Crippen molar-refractivity contribution < 1.29 is 9.59 Å². The van der Waals surface area contributed by atoms with Crippen LogP contribution in [0, 0.1) is 18.3 Å². The molecule has 1 aliphatic rings. The minimum Gasteiger partial charge on any atom is -0.331 e. The number of rotatable bonds is 5. The second-order valence-electron chi connectivity index (χ2n) is 7.11. The molecule has 0 saturated carbocycles. The molecular formula is C20H29N5O2. The van der Waals surface area contributed by atoms with Gasteiger partial charge in [-0.2, -0.15) is 5.26 Å². The average molecular weight is 371 g/mol. The molecule has 0 radical (unpaired) electrons. The molecule has 1 heterocycles. The zero-order chi connectivity index (χ0) is 20.0. The van der Waals surface area contributed by atoms with Crippen LogP contribution in [0.5, 0.6) is 0 Å². The Morgan fingerprint density at radius 2 is 1.74 bits per heavy atom. The first-order valence-corrected chi connectivity index (χ1v) is 9.30. The van der Waals surface area contributed by atoms with E-state index in [1.54, 1.807) is 28.8 Å². The van der Waals surface area contributed by atoms with Gasteiger partial charge in [0.25, 0.3) is 0 Å². The van der Waals surface area contributed by atoms with Gasteiger partial charge in [-0.3, -0.25) is 9.69 Å². The smallest absolute Gasteiger partial charge is 0.319 e. The summed E-state index contributed by atoms with van der Waals surface area (Å²) in [6, 6.07) is 9.61. The second-order valence-corrected chi connectivity index (χ2v) is 7.11. The highest BCUT2D eigenvalue weighted by Gasteiger charge is 2.30. The summed E-state index contributed by atoms with van der Waals surface area (Å²) in [7, 11) is 3.49. The zero-order valence-electron chi connectivity index (χ0n) is 16.7. The van der Waals surface area contributed by atoms with Crippen molar-refractivity contribution in [3.05, 3.63) is 29.8 Å². The highest BCUT2D eigenvalue weighted by atomic mass is 16.2. The number of carbonyl (C=O) groups is 2. The zero-order valence-corrected chi connectivity index (χ0v) is 16.7. The molecule has 3 amide bonds. The Labute approximate surface area is 161 Å². The van der Waals surface area contributed by atoms with Crippen LogP contribution in [-0.4, -0.2) is 79.5 Å². The van der Waals surface area contributed by atoms with E-state index in [9.17, 15) is 9.59 Å². The first kappa shape index (κ1) is 20.7. The number of nitrogens with zero attached hydrogens (tertiary/aromatic N) is 5. The van der Waals surface area contributed by atoms with E-state index in [2.05, 4.69) is 11.0 Å². The van der Waals surface area contributed by atoms with Crippen LogP contribution in [0.3, 0.4) is 0 Å². The molecule has 0 spiro atoms. The fourth-order valence-electron chi connectivity index (χ4n) is 3.22. The lowest BCUT2D eigenvalue weighted by atomic mass is 10.1. The summed E-state index contributed by atoms with van der Waals surface area (Å²) in [5, 5.41) is 8.96. The van der Waals surface area contributed by atoms with Crippen LogP contribution in [0.25, 0.3) is 0 Å². The van der Waals surface area contributed by atoms with E-state index >= 15 is 0 Å². The molecule has 1 aromatic rings. The monoisotopic (exact) mass is 371 g/mol. The molecule has 146 valence electrons. The van der Waals surface area contributed by atoms with Crippen molar-refractivity contribution in [3.8, 4) is 6.07 Å². The van der Waals surface area contributed by atoms with Crippen molar-refractivity contribution in [1.29, 1.82) is 5.26 Å². The van der Waals surface area contributed by atoms with Gasteiger partial charge in [-0.15, -0.1) is 0 Å². The third kappa shape index (κ3) is 5.20. The number of piperazine rings is 1. The maximum absolute atomic E-state index is 13.1. The molecule has 1 fully saturated rings. The first-order valence-electron chi connectivity index (χ1n) is 9.30. The Bertz CT molecular complexity index is 687. The van der Waals surface area contributed by atoms with E-state index in [0.29, 0.717) is 32.7 Å². The van der Waals surface area contributed by atoms with E-state index in [1.807, 2.05) is 38.1 Å². The minimum absolute atomic E-state index is 0.00364. The van der Waals surface area contributed by atoms with Crippen LogP contribution in [-0.2, 0) is 4.79 Å². The van der Waals surface area contributed by atoms with Crippen molar-refractivity contribution in [3.63, 3.8) is 0 Å². The van der Waals surface area contributed by atoms with Gasteiger partial charge in [-0.25, -0.2) is 4.79 Å². The third-order valence-corrected chi connectivity index (χ3v) is 4.93. The topological polar surface area (TPSA) is 70.9 Å². The van der Waals surface area contributed by atoms with Gasteiger partial charge in [0.1, 0.15) is 0 Å². The molecule has 1 aromatic carbocycles. The molecule has 7 heteroatoms. The number of anilines is 1. The summed E-state index contributed by atoms with van der Waals surface area (Å²) >= 11 is 0. The van der Waals surface area contributed by atoms with Crippen LogP contribution in [0.2, 0.25) is 0 Å². The molecule has 1 atom stereocenters. The minimum atomic E-state index is -0.304. The second kappa shape index (κ2) is 9.38. The number of benzene rings is 1. The Hall–Kier alpha value is -2.59. The van der Waals surface area contributed by atoms with Gasteiger partial charge >= 0.3 is 6.03 Å². The summed E-state index contributed by atoms with van der Waals surface area (Å²) in [5.74, 6) is -0.0125. The lowest BCUT2D eigenvalue weighted by molar-refractivity contribution is -0.123. The van der Waals surface area contributed by atoms with Crippen molar-refractivity contribution >= 4 is 17.6 Å². The number of nitriles is 1. The lowest BCUT2D eigenvalue weighted by Gasteiger charge is -2.39. The molecule has 1 unspecified atom stereocenters. The number of amides is 3. The van der Waals surface area contributed by atoms with E-state index in [0.717, 1.165) is 11.3 Å². The third-order valence-electron chi connectivity index (χ3n) is 4.93. The Morgan fingerprint density at radius 3 is 2.26 bits per heavy atom. The molecule has 0 aliphatic carbocycles. The van der Waals surface area contributed by atoms with Crippen molar-refractivity contribution in [2.75, 3.05) is 51.7 Å². The molecule has 1 saturated heterocycles. The maximum atomic E-state index is 13.1. The van der Waals surface area contributed by atoms with Crippen LogP contribution < -0.4 is 4.90 Å². The SMILES string of the molecule is Cc1ccc(N(CCC#N)C(=O)C(C)N2CCN(C(=O)N(C)C)CC2)cc1. The molecule has 2 rings (SSSR count). The van der Waals surface area contributed by atoms with Crippen LogP contribution in [0.1, 0.15) is 18.9 Å². The quantitative estimate of drug-likeness (QED) is 0.793. The van der Waals surface area contributed by atoms with E-state index in [4.69, 9.17) is 5.26 Å². The summed E-state index contributed by atoms with van der Waals surface area (Å²) in [5.41, 5.74) is 1.94. The van der Waals surface area contributed by atoms with E-state index in [1.165, 1.54) is 0 Å². The van der Waals surface area contributed by atoms with Crippen LogP contribution >= 0.6 is 0 Å². The Kier molecular flexibility index (Phi) is 7.19. The molecule has 1 aliphatic heterocycles. The van der Waals surface area contributed by atoms with E-state index in [-0.39, 0.29) is 24.4 Å². The van der Waals surface area contributed by atoms with Crippen LogP contribution in [0.4, 0.5) is 10.5 Å². The highest BCUT2D eigenvalue weighted by molar-refractivity contribution is 5.97. The lowest BCUT2D eigenvalue weighted by Crippen LogP contribution is -2.56. The van der Waals surface area contributed by atoms with Gasteiger partial charge in [0.05, 0.1) is 18.5 Å². The Balaban J connectivity index is 2.05. The standard InChI is InChI=1S/C20H29N5O2/c1-16-6-8-18(9-7-16)25(11-5-10-21)19(26)17(2)23-12-14-24(15-13-23)20(27)22(3)4/h6-9,17H,5,11-15H2,1-4H3. The van der Waals surface area contributed by atoms with Gasteiger partial charge in [0.2, 0.25) is 5.91 Å². The summed E-state index contributed by atoms with van der Waals surface area (Å²) in [6.07, 6.45) is 0.289. The van der Waals surface area contributed by atoms with Gasteiger partial charge < -0.3 is 14.7 Å². The number of hydrogen-bond acceptors (Lipinski definition) is 4. The molecule has 0 bridgehead atoms. The summed E-state index contributed by atoms with van der Waals surface area (Å²) in [6.45, 7) is 6.82. The van der Waals surface area contributed by atoms with Crippen molar-refractivity contribution in [1.82, 2.24) is 14.7 Å². The highest BCUT2D eigenvalue weighted by Crippen LogP contribution is 2.19. The molecule has 0 aromatic heterocycles.